The fraction of sp³-hybridized carbons (Fsp3) is 0.143. The van der Waals surface area contributed by atoms with Gasteiger partial charge in [0.05, 0.1) is 5.69 Å². The van der Waals surface area contributed by atoms with Crippen LogP contribution in [0.3, 0.4) is 0 Å². The fourth-order valence-corrected chi connectivity index (χ4v) is 1.33. The molecule has 9 heteroatoms. The van der Waals surface area contributed by atoms with Gasteiger partial charge in [0, 0.05) is 24.4 Å². The van der Waals surface area contributed by atoms with Crippen LogP contribution >= 0.6 is 12.0 Å². The molecule has 16 heavy (non-hydrogen) atoms. The van der Waals surface area contributed by atoms with Crippen LogP contribution in [-0.2, 0) is 15.6 Å². The number of benzene rings is 1. The van der Waals surface area contributed by atoms with Gasteiger partial charge in [0.1, 0.15) is 17.1 Å². The quantitative estimate of drug-likeness (QED) is 0.295. The van der Waals surface area contributed by atoms with Crippen molar-refractivity contribution >= 4 is 29.1 Å². The summed E-state index contributed by atoms with van der Waals surface area (Å²) < 4.78 is 29.6. The fourth-order valence-electron chi connectivity index (χ4n) is 0.847. The maximum absolute atomic E-state index is 10.2. The first-order valence-corrected chi connectivity index (χ1v) is 5.86. The van der Waals surface area contributed by atoms with Gasteiger partial charge in [-0.25, -0.2) is 4.21 Å². The molecule has 0 bridgehead atoms. The summed E-state index contributed by atoms with van der Waals surface area (Å²) in [6.07, 6.45) is 1.62. The van der Waals surface area contributed by atoms with Crippen molar-refractivity contribution in [2.24, 2.45) is 0 Å². The van der Waals surface area contributed by atoms with Crippen LogP contribution in [0, 0.1) is 0 Å². The Balaban J connectivity index is 0.00000225. The van der Waals surface area contributed by atoms with Gasteiger partial charge in [-0.1, -0.05) is 6.07 Å². The Labute approximate surface area is 122 Å². The summed E-state index contributed by atoms with van der Waals surface area (Å²) in [6, 6.07) is 5.79. The van der Waals surface area contributed by atoms with Gasteiger partial charge in [0.15, 0.2) is 0 Å². The van der Waals surface area contributed by atoms with E-state index in [2.05, 4.69) is 8.47 Å². The second-order valence-electron chi connectivity index (χ2n) is 2.30. The molecule has 0 saturated heterocycles. The van der Waals surface area contributed by atoms with Crippen molar-refractivity contribution in [2.75, 3.05) is 11.5 Å². The minimum absolute atomic E-state index is 0. The van der Waals surface area contributed by atoms with E-state index >= 15 is 0 Å². The predicted octanol–water partition coefficient (Wildman–Crippen LogP) is -1.73. The SMILES string of the molecule is CSON(O)c1cccc(OS(=O)[O-])c1.[Na+]. The van der Waals surface area contributed by atoms with E-state index in [1.165, 1.54) is 24.3 Å². The van der Waals surface area contributed by atoms with Crippen LogP contribution in [0.4, 0.5) is 5.69 Å². The first kappa shape index (κ1) is 16.2. The van der Waals surface area contributed by atoms with Crippen molar-refractivity contribution in [3.63, 3.8) is 0 Å². The van der Waals surface area contributed by atoms with Crippen molar-refractivity contribution in [1.29, 1.82) is 0 Å². The van der Waals surface area contributed by atoms with E-state index in [1.54, 1.807) is 6.26 Å². The third-order valence-electron chi connectivity index (χ3n) is 1.35. The van der Waals surface area contributed by atoms with Crippen molar-refractivity contribution in [1.82, 2.24) is 0 Å². The topological polar surface area (TPSA) is 82.1 Å². The third kappa shape index (κ3) is 5.51. The van der Waals surface area contributed by atoms with Crippen molar-refractivity contribution in [3.8, 4) is 5.75 Å². The number of hydrogen-bond acceptors (Lipinski definition) is 7. The van der Waals surface area contributed by atoms with E-state index in [0.29, 0.717) is 5.23 Å². The Hall–Kier alpha value is 0.200. The molecule has 6 nitrogen and oxygen atoms in total. The standard InChI is InChI=1S/C7H9NO5S2.Na/c1-14-13-8(9)6-3-2-4-7(5-6)12-15(10)11;/h2-5,9H,1H3,(H,10,11);/q;+1/p-1. The molecule has 0 aromatic heterocycles. The molecule has 0 aliphatic rings. The van der Waals surface area contributed by atoms with Gasteiger partial charge in [-0.3, -0.25) is 5.21 Å². The minimum atomic E-state index is -2.64. The molecule has 1 aromatic carbocycles. The van der Waals surface area contributed by atoms with Crippen LogP contribution in [0.5, 0.6) is 5.75 Å². The molecule has 1 N–H and O–H groups in total. The molecule has 0 saturated carbocycles. The number of rotatable bonds is 5. The molecule has 0 aliphatic heterocycles. The monoisotopic (exact) mass is 273 g/mol. The van der Waals surface area contributed by atoms with Crippen LogP contribution in [0.1, 0.15) is 0 Å². The summed E-state index contributed by atoms with van der Waals surface area (Å²) in [5.74, 6) is 0.0876. The zero-order chi connectivity index (χ0) is 11.3. The molecule has 1 rings (SSSR count). The summed E-state index contributed by atoms with van der Waals surface area (Å²) in [5.41, 5.74) is 0.257. The van der Waals surface area contributed by atoms with Gasteiger partial charge < -0.3 is 8.74 Å². The van der Waals surface area contributed by atoms with Gasteiger partial charge in [0.2, 0.25) is 0 Å². The van der Waals surface area contributed by atoms with Crippen molar-refractivity contribution in [2.45, 2.75) is 0 Å². The van der Waals surface area contributed by atoms with Gasteiger partial charge >= 0.3 is 29.6 Å². The first-order chi connectivity index (χ1) is 7.13. The van der Waals surface area contributed by atoms with Crippen LogP contribution in [0.2, 0.25) is 0 Å². The van der Waals surface area contributed by atoms with E-state index in [1.807, 2.05) is 0 Å². The van der Waals surface area contributed by atoms with E-state index in [-0.39, 0.29) is 41.0 Å². The second-order valence-corrected chi connectivity index (χ2v) is 3.36. The maximum Gasteiger partial charge on any atom is 1.00 e. The predicted molar refractivity (Wildman–Crippen MR) is 54.9 cm³/mol. The maximum atomic E-state index is 10.2. The van der Waals surface area contributed by atoms with Crippen LogP contribution in [0.25, 0.3) is 0 Å². The average Bonchev–Trinajstić information content (AvgIpc) is 2.17. The molecule has 0 fully saturated rings. The second kappa shape index (κ2) is 8.31. The van der Waals surface area contributed by atoms with E-state index in [0.717, 1.165) is 12.0 Å². The summed E-state index contributed by atoms with van der Waals surface area (Å²) >= 11 is -1.70. The molecule has 0 aliphatic carbocycles. The van der Waals surface area contributed by atoms with E-state index < -0.39 is 11.4 Å². The van der Waals surface area contributed by atoms with Crippen molar-refractivity contribution in [3.05, 3.63) is 24.3 Å². The van der Waals surface area contributed by atoms with Crippen LogP contribution in [0.15, 0.2) is 24.3 Å². The Morgan fingerprint density at radius 1 is 1.56 bits per heavy atom. The summed E-state index contributed by atoms with van der Waals surface area (Å²) in [4.78, 5) is 0. The molecule has 84 valence electrons. The summed E-state index contributed by atoms with van der Waals surface area (Å²) in [5, 5.41) is 9.77. The van der Waals surface area contributed by atoms with Crippen LogP contribution < -0.4 is 39.0 Å². The number of hydrogen-bond donors (Lipinski definition) is 1. The number of nitrogens with zero attached hydrogens (tertiary/aromatic N) is 1. The molecule has 1 unspecified atom stereocenters. The Morgan fingerprint density at radius 3 is 2.81 bits per heavy atom. The van der Waals surface area contributed by atoms with Crippen molar-refractivity contribution < 1.29 is 52.0 Å². The molecular formula is C7H8NNaO5S2. The summed E-state index contributed by atoms with van der Waals surface area (Å²) in [7, 11) is 0. The van der Waals surface area contributed by atoms with E-state index in [9.17, 15) is 14.0 Å². The third-order valence-corrected chi connectivity index (χ3v) is 1.97. The molecule has 0 spiro atoms. The Kier molecular flexibility index (Phi) is 8.42. The van der Waals surface area contributed by atoms with Gasteiger partial charge in [-0.2, -0.15) is 4.28 Å². The Morgan fingerprint density at radius 2 is 2.25 bits per heavy atom. The van der Waals surface area contributed by atoms with Gasteiger partial charge in [-0.05, 0) is 12.1 Å². The molecule has 0 heterocycles. The normalized spacial score (nSPS) is 11.4. The first-order valence-electron chi connectivity index (χ1n) is 3.71. The largest absolute Gasteiger partial charge is 1.00 e. The molecule has 0 amide bonds. The van der Waals surface area contributed by atoms with E-state index in [4.69, 9.17) is 0 Å². The molecule has 1 aromatic rings. The minimum Gasteiger partial charge on any atom is -0.740 e. The zero-order valence-corrected chi connectivity index (χ0v) is 12.3. The molecule has 1 atom stereocenters. The molecular weight excluding hydrogens is 265 g/mol. The van der Waals surface area contributed by atoms with Gasteiger partial charge in [0.25, 0.3) is 0 Å². The number of anilines is 1. The average molecular weight is 273 g/mol. The van der Waals surface area contributed by atoms with Gasteiger partial charge in [-0.15, -0.1) is 5.23 Å². The smallest absolute Gasteiger partial charge is 0.740 e. The Bertz CT molecular complexity index is 353. The van der Waals surface area contributed by atoms with Crippen LogP contribution in [-0.4, -0.2) is 20.2 Å². The summed E-state index contributed by atoms with van der Waals surface area (Å²) in [6.45, 7) is 0. The zero-order valence-electron chi connectivity index (χ0n) is 8.65. The molecule has 0 radical (unpaired) electrons.